The van der Waals surface area contributed by atoms with Crippen molar-refractivity contribution in [2.24, 2.45) is 17.8 Å². The number of benzene rings is 1. The zero-order chi connectivity index (χ0) is 19.4. The van der Waals surface area contributed by atoms with Gasteiger partial charge in [-0.3, -0.25) is 15.1 Å². The number of hydrogen-bond acceptors (Lipinski definition) is 4. The lowest BCUT2D eigenvalue weighted by Crippen LogP contribution is -2.43. The van der Waals surface area contributed by atoms with Crippen molar-refractivity contribution >= 4 is 40.8 Å². The van der Waals surface area contributed by atoms with Crippen LogP contribution in [0.1, 0.15) is 44.6 Å². The highest BCUT2D eigenvalue weighted by Crippen LogP contribution is 2.51. The molecule has 1 aromatic rings. The van der Waals surface area contributed by atoms with E-state index in [2.05, 4.69) is 12.2 Å². The molecule has 4 nitrogen and oxygen atoms in total. The average Bonchev–Trinajstić information content (AvgIpc) is 3.46. The third kappa shape index (κ3) is 3.00. The molecule has 2 bridgehead atoms. The van der Waals surface area contributed by atoms with Crippen molar-refractivity contribution in [1.82, 2.24) is 10.2 Å². The second kappa shape index (κ2) is 6.96. The van der Waals surface area contributed by atoms with Gasteiger partial charge in [0.25, 0.3) is 0 Å². The van der Waals surface area contributed by atoms with Gasteiger partial charge in [-0.1, -0.05) is 41.9 Å². The van der Waals surface area contributed by atoms with Crippen LogP contribution in [0, 0.1) is 23.2 Å². The molecule has 0 aromatic heterocycles. The van der Waals surface area contributed by atoms with Crippen molar-refractivity contribution in [1.29, 1.82) is 5.41 Å². The first-order valence-corrected chi connectivity index (χ1v) is 11.3. The van der Waals surface area contributed by atoms with E-state index >= 15 is 0 Å². The summed E-state index contributed by atoms with van der Waals surface area (Å²) in [4.78, 5) is 14.6. The number of hydrogen-bond donors (Lipinski definition) is 2. The Morgan fingerprint density at radius 2 is 2.04 bits per heavy atom. The molecule has 4 atom stereocenters. The molecule has 1 aromatic carbocycles. The molecular formula is C22H24ClN3OS. The van der Waals surface area contributed by atoms with E-state index in [-0.39, 0.29) is 11.9 Å². The number of nitrogens with zero attached hydrogens (tertiary/aromatic N) is 1. The van der Waals surface area contributed by atoms with Gasteiger partial charge in [0.15, 0.2) is 0 Å². The Bertz CT molecular complexity index is 907. The van der Waals surface area contributed by atoms with Crippen LogP contribution in [0.3, 0.4) is 0 Å². The normalized spacial score (nSPS) is 32.9. The summed E-state index contributed by atoms with van der Waals surface area (Å²) >= 11 is 7.55. The lowest BCUT2D eigenvalue weighted by molar-refractivity contribution is -0.127. The first-order chi connectivity index (χ1) is 13.5. The molecule has 1 amide bonds. The fourth-order valence-electron chi connectivity index (χ4n) is 5.50. The molecule has 146 valence electrons. The van der Waals surface area contributed by atoms with Crippen LogP contribution in [0.4, 0.5) is 0 Å². The fourth-order valence-corrected chi connectivity index (χ4v) is 6.54. The second-order valence-electron chi connectivity index (χ2n) is 8.46. The van der Waals surface area contributed by atoms with Crippen LogP contribution in [0.5, 0.6) is 0 Å². The number of likely N-dealkylation sites (tertiary alicyclic amines) is 1. The van der Waals surface area contributed by atoms with Crippen molar-refractivity contribution in [2.75, 3.05) is 0 Å². The number of carbonyl (C=O) groups is 1. The van der Waals surface area contributed by atoms with E-state index in [4.69, 9.17) is 17.0 Å². The van der Waals surface area contributed by atoms with Gasteiger partial charge in [0.1, 0.15) is 5.84 Å². The van der Waals surface area contributed by atoms with Gasteiger partial charge in [-0.2, -0.15) is 0 Å². The standard InChI is InChI=1S/C22H24ClN3OS/c1-12(17-9-13-2-3-15(17)8-13)26-20(27)10-18(21(26)24)22-25-19(11-28-22)14-4-6-16(23)7-5-14/h4-7,11-13,15,17,24-25H,2-3,8-10H2,1H3/b22-18-,24-21?/t12-,13-,15+,17-/m1/s1. The molecule has 0 radical (unpaired) electrons. The van der Waals surface area contributed by atoms with Crippen LogP contribution >= 0.6 is 23.4 Å². The zero-order valence-corrected chi connectivity index (χ0v) is 17.4. The van der Waals surface area contributed by atoms with Gasteiger partial charge < -0.3 is 5.32 Å². The minimum absolute atomic E-state index is 0.0742. The van der Waals surface area contributed by atoms with Crippen molar-refractivity contribution < 1.29 is 4.79 Å². The van der Waals surface area contributed by atoms with Gasteiger partial charge in [-0.05, 0) is 61.6 Å². The molecule has 2 saturated carbocycles. The van der Waals surface area contributed by atoms with E-state index in [1.54, 1.807) is 16.7 Å². The zero-order valence-electron chi connectivity index (χ0n) is 15.9. The first kappa shape index (κ1) is 18.3. The summed E-state index contributed by atoms with van der Waals surface area (Å²) in [6.45, 7) is 2.15. The van der Waals surface area contributed by atoms with Gasteiger partial charge in [-0.15, -0.1) is 0 Å². The molecule has 28 heavy (non-hydrogen) atoms. The maximum Gasteiger partial charge on any atom is 0.233 e. The maximum absolute atomic E-state index is 12.8. The number of nitrogens with one attached hydrogen (secondary N) is 2. The van der Waals surface area contributed by atoms with Crippen molar-refractivity contribution in [2.45, 2.75) is 45.1 Å². The molecule has 0 spiro atoms. The Morgan fingerprint density at radius 3 is 2.71 bits per heavy atom. The van der Waals surface area contributed by atoms with Gasteiger partial charge in [0, 0.05) is 22.0 Å². The predicted molar refractivity (Wildman–Crippen MR) is 115 cm³/mol. The Hall–Kier alpha value is -1.72. The van der Waals surface area contributed by atoms with E-state index < -0.39 is 0 Å². The van der Waals surface area contributed by atoms with Crippen LogP contribution in [0.15, 0.2) is 40.3 Å². The van der Waals surface area contributed by atoms with Crippen LogP contribution < -0.4 is 5.32 Å². The van der Waals surface area contributed by atoms with Crippen LogP contribution in [0.25, 0.3) is 5.70 Å². The number of amidine groups is 1. The predicted octanol–water partition coefficient (Wildman–Crippen LogP) is 5.22. The number of carbonyl (C=O) groups excluding carboxylic acids is 1. The smallest absolute Gasteiger partial charge is 0.233 e. The summed E-state index contributed by atoms with van der Waals surface area (Å²) in [7, 11) is 0. The molecule has 0 unspecified atom stereocenters. The molecule has 2 aliphatic carbocycles. The average molecular weight is 414 g/mol. The highest BCUT2D eigenvalue weighted by Gasteiger charge is 2.47. The molecule has 5 rings (SSSR count). The molecule has 6 heteroatoms. The Kier molecular flexibility index (Phi) is 4.55. The number of fused-ring (bicyclic) bond motifs is 2. The van der Waals surface area contributed by atoms with Gasteiger partial charge in [0.2, 0.25) is 5.91 Å². The summed E-state index contributed by atoms with van der Waals surface area (Å²) in [6, 6.07) is 7.82. The molecule has 2 heterocycles. The molecular weight excluding hydrogens is 390 g/mol. The monoisotopic (exact) mass is 413 g/mol. The van der Waals surface area contributed by atoms with E-state index in [0.717, 1.165) is 33.7 Å². The fraction of sp³-hybridized carbons (Fsp3) is 0.455. The Labute approximate surface area is 174 Å². The van der Waals surface area contributed by atoms with E-state index in [1.165, 1.54) is 25.7 Å². The Balaban J connectivity index is 1.34. The quantitative estimate of drug-likeness (QED) is 0.714. The highest BCUT2D eigenvalue weighted by molar-refractivity contribution is 8.06. The van der Waals surface area contributed by atoms with Crippen molar-refractivity contribution in [3.63, 3.8) is 0 Å². The topological polar surface area (TPSA) is 56.2 Å². The van der Waals surface area contributed by atoms with E-state index in [9.17, 15) is 4.79 Å². The number of thioether (sulfide) groups is 1. The summed E-state index contributed by atoms with van der Waals surface area (Å²) in [5.74, 6) is 2.61. The Morgan fingerprint density at radius 1 is 1.25 bits per heavy atom. The van der Waals surface area contributed by atoms with E-state index in [0.29, 0.717) is 23.2 Å². The largest absolute Gasteiger partial charge is 0.349 e. The molecule has 2 N–H and O–H groups in total. The lowest BCUT2D eigenvalue weighted by atomic mass is 9.83. The van der Waals surface area contributed by atoms with Crippen LogP contribution in [0.2, 0.25) is 5.02 Å². The summed E-state index contributed by atoms with van der Waals surface area (Å²) in [5, 5.41) is 15.8. The number of amides is 1. The van der Waals surface area contributed by atoms with Crippen LogP contribution in [-0.2, 0) is 4.79 Å². The van der Waals surface area contributed by atoms with E-state index in [1.807, 2.05) is 29.7 Å². The number of halogens is 1. The highest BCUT2D eigenvalue weighted by atomic mass is 35.5. The lowest BCUT2D eigenvalue weighted by Gasteiger charge is -2.34. The third-order valence-corrected chi connectivity index (χ3v) is 8.10. The summed E-state index contributed by atoms with van der Waals surface area (Å²) in [5.41, 5.74) is 2.87. The third-order valence-electron chi connectivity index (χ3n) is 6.92. The van der Waals surface area contributed by atoms with Crippen LogP contribution in [-0.4, -0.2) is 22.7 Å². The molecule has 4 aliphatic rings. The first-order valence-electron chi connectivity index (χ1n) is 10.0. The van der Waals surface area contributed by atoms with Gasteiger partial charge in [0.05, 0.1) is 17.1 Å². The molecule has 3 fully saturated rings. The minimum Gasteiger partial charge on any atom is -0.349 e. The minimum atomic E-state index is 0.0742. The second-order valence-corrected chi connectivity index (χ2v) is 9.77. The van der Waals surface area contributed by atoms with Gasteiger partial charge in [-0.25, -0.2) is 0 Å². The number of rotatable bonds is 3. The van der Waals surface area contributed by atoms with Crippen molar-refractivity contribution in [3.05, 3.63) is 50.9 Å². The van der Waals surface area contributed by atoms with Gasteiger partial charge >= 0.3 is 0 Å². The SMILES string of the molecule is C[C@H]([C@H]1C[C@@H]2CC[C@H]1C2)N1C(=N)/C(=C2/NC(c3ccc(Cl)cc3)=CS2)CC1=O. The summed E-state index contributed by atoms with van der Waals surface area (Å²) < 4.78 is 0. The molecule has 1 saturated heterocycles. The molecule has 2 aliphatic heterocycles. The summed E-state index contributed by atoms with van der Waals surface area (Å²) in [6.07, 6.45) is 5.53. The maximum atomic E-state index is 12.8. The van der Waals surface area contributed by atoms with Crippen molar-refractivity contribution in [3.8, 4) is 0 Å².